The van der Waals surface area contributed by atoms with Crippen LogP contribution in [0.5, 0.6) is 5.75 Å². The topological polar surface area (TPSA) is 78.2 Å². The van der Waals surface area contributed by atoms with Gasteiger partial charge in [0.05, 0.1) is 18.4 Å². The van der Waals surface area contributed by atoms with Gasteiger partial charge in [-0.3, -0.25) is 14.2 Å². The first-order valence-electron chi connectivity index (χ1n) is 9.48. The third kappa shape index (κ3) is 3.73. The molecule has 0 aliphatic carbocycles. The number of carbonyl (C=O) groups excluding carboxylic acids is 1. The van der Waals surface area contributed by atoms with Gasteiger partial charge in [0, 0.05) is 25.5 Å². The summed E-state index contributed by atoms with van der Waals surface area (Å²) in [7, 11) is 3.48. The molecule has 1 N–H and O–H groups in total. The maximum atomic E-state index is 13.1. The Hall–Kier alpha value is -2.48. The molecule has 0 saturated carbocycles. The monoisotopic (exact) mass is 402 g/mol. The van der Waals surface area contributed by atoms with Crippen molar-refractivity contribution in [3.63, 3.8) is 0 Å². The number of nitrogens with one attached hydrogen (secondary N) is 1. The van der Waals surface area contributed by atoms with Crippen molar-refractivity contribution < 1.29 is 9.53 Å². The molecule has 2 heterocycles. The molecule has 0 radical (unpaired) electrons. The molecule has 0 unspecified atom stereocenters. The molecule has 3 rings (SSSR count). The highest BCUT2D eigenvalue weighted by atomic mass is 32.2. The van der Waals surface area contributed by atoms with Crippen LogP contribution in [0.25, 0.3) is 21.9 Å². The molecule has 1 aromatic carbocycles. The van der Waals surface area contributed by atoms with Crippen molar-refractivity contribution >= 4 is 39.6 Å². The average molecular weight is 403 g/mol. The Labute approximate surface area is 168 Å². The number of methoxy groups -OCH3 is 1. The highest BCUT2D eigenvalue weighted by Crippen LogP contribution is 2.29. The largest absolute Gasteiger partial charge is 0.497 e. The zero-order valence-electron chi connectivity index (χ0n) is 16.7. The van der Waals surface area contributed by atoms with E-state index in [9.17, 15) is 9.59 Å². The SMILES string of the molecule is CCCCNC(=O)CSc1nc2c3cc(OC)ccc3n(C)c2c(=O)n1CC. The van der Waals surface area contributed by atoms with Crippen molar-refractivity contribution in [2.24, 2.45) is 7.05 Å². The van der Waals surface area contributed by atoms with E-state index in [0.717, 1.165) is 23.7 Å². The number of amides is 1. The Morgan fingerprint density at radius 1 is 1.32 bits per heavy atom. The molecular weight excluding hydrogens is 376 g/mol. The van der Waals surface area contributed by atoms with E-state index in [2.05, 4.69) is 12.2 Å². The van der Waals surface area contributed by atoms with E-state index >= 15 is 0 Å². The lowest BCUT2D eigenvalue weighted by Crippen LogP contribution is -2.27. The Morgan fingerprint density at radius 2 is 2.11 bits per heavy atom. The number of unbranched alkanes of at least 4 members (excludes halogenated alkanes) is 1. The van der Waals surface area contributed by atoms with Crippen LogP contribution in [-0.4, -0.2) is 39.4 Å². The first-order valence-corrected chi connectivity index (χ1v) is 10.5. The molecular formula is C20H26N4O3S. The zero-order chi connectivity index (χ0) is 20.3. The maximum Gasteiger partial charge on any atom is 0.278 e. The van der Waals surface area contributed by atoms with Crippen molar-refractivity contribution in [1.82, 2.24) is 19.4 Å². The summed E-state index contributed by atoms with van der Waals surface area (Å²) in [6.45, 7) is 5.16. The minimum atomic E-state index is -0.0981. The average Bonchev–Trinajstić information content (AvgIpc) is 2.98. The summed E-state index contributed by atoms with van der Waals surface area (Å²) in [5.41, 5.74) is 2.02. The van der Waals surface area contributed by atoms with Crippen molar-refractivity contribution in [2.45, 2.75) is 38.4 Å². The molecule has 1 amide bonds. The van der Waals surface area contributed by atoms with E-state index in [1.807, 2.05) is 36.7 Å². The first kappa shape index (κ1) is 20.3. The maximum absolute atomic E-state index is 13.1. The Balaban J connectivity index is 2.04. The van der Waals surface area contributed by atoms with E-state index in [4.69, 9.17) is 9.72 Å². The minimum Gasteiger partial charge on any atom is -0.497 e. The number of rotatable bonds is 8. The molecule has 3 aromatic rings. The number of benzene rings is 1. The first-order chi connectivity index (χ1) is 13.5. The summed E-state index contributed by atoms with van der Waals surface area (Å²) in [5.74, 6) is 0.899. The second kappa shape index (κ2) is 8.68. The molecule has 0 saturated heterocycles. The van der Waals surface area contributed by atoms with Crippen molar-refractivity contribution in [3.05, 3.63) is 28.6 Å². The van der Waals surface area contributed by atoms with Crippen LogP contribution in [-0.2, 0) is 18.4 Å². The minimum absolute atomic E-state index is 0.0463. The highest BCUT2D eigenvalue weighted by molar-refractivity contribution is 7.99. The molecule has 0 fully saturated rings. The second-order valence-electron chi connectivity index (χ2n) is 6.58. The van der Waals surface area contributed by atoms with Gasteiger partial charge in [0.1, 0.15) is 16.8 Å². The highest BCUT2D eigenvalue weighted by Gasteiger charge is 2.18. The number of hydrogen-bond acceptors (Lipinski definition) is 5. The lowest BCUT2D eigenvalue weighted by Gasteiger charge is -2.10. The van der Waals surface area contributed by atoms with Gasteiger partial charge < -0.3 is 14.6 Å². The van der Waals surface area contributed by atoms with Crippen molar-refractivity contribution in [3.8, 4) is 5.75 Å². The number of nitrogens with zero attached hydrogens (tertiary/aromatic N) is 3. The summed E-state index contributed by atoms with van der Waals surface area (Å²) in [5, 5.41) is 4.32. The predicted octanol–water partition coefficient (Wildman–Crippen LogP) is 2.93. The van der Waals surface area contributed by atoms with Gasteiger partial charge in [-0.1, -0.05) is 25.1 Å². The van der Waals surface area contributed by atoms with E-state index in [-0.39, 0.29) is 17.2 Å². The van der Waals surface area contributed by atoms with Crippen LogP contribution in [0, 0.1) is 0 Å². The second-order valence-corrected chi connectivity index (χ2v) is 7.52. The fraction of sp³-hybridized carbons (Fsp3) is 0.450. The molecule has 0 atom stereocenters. The summed E-state index contributed by atoms with van der Waals surface area (Å²) in [6, 6.07) is 5.70. The van der Waals surface area contributed by atoms with Crippen molar-refractivity contribution in [2.75, 3.05) is 19.4 Å². The van der Waals surface area contributed by atoms with E-state index in [1.54, 1.807) is 11.7 Å². The standard InChI is InChI=1S/C20H26N4O3S/c1-5-7-10-21-16(25)12-28-20-22-17-14-11-13(27-4)8-9-15(14)23(3)18(17)19(26)24(20)6-2/h8-9,11H,5-7,10,12H2,1-4H3,(H,21,25). The summed E-state index contributed by atoms with van der Waals surface area (Å²) < 4.78 is 8.83. The van der Waals surface area contributed by atoms with Crippen LogP contribution in [0.4, 0.5) is 0 Å². The number of fused-ring (bicyclic) bond motifs is 3. The molecule has 0 bridgehead atoms. The number of carbonyl (C=O) groups is 1. The molecule has 0 spiro atoms. The quantitative estimate of drug-likeness (QED) is 0.356. The van der Waals surface area contributed by atoms with E-state index in [0.29, 0.717) is 35.0 Å². The van der Waals surface area contributed by atoms with Gasteiger partial charge in [-0.15, -0.1) is 0 Å². The third-order valence-electron chi connectivity index (χ3n) is 4.77. The van der Waals surface area contributed by atoms with Gasteiger partial charge in [-0.2, -0.15) is 0 Å². The van der Waals surface area contributed by atoms with Gasteiger partial charge >= 0.3 is 0 Å². The van der Waals surface area contributed by atoms with Crippen LogP contribution in [0.2, 0.25) is 0 Å². The third-order valence-corrected chi connectivity index (χ3v) is 5.74. The van der Waals surface area contributed by atoms with E-state index in [1.165, 1.54) is 11.8 Å². The van der Waals surface area contributed by atoms with Crippen LogP contribution in [0.15, 0.2) is 28.2 Å². The zero-order valence-corrected chi connectivity index (χ0v) is 17.6. The number of aryl methyl sites for hydroxylation is 1. The van der Waals surface area contributed by atoms with Gasteiger partial charge in [0.25, 0.3) is 5.56 Å². The molecule has 8 heteroatoms. The molecule has 7 nitrogen and oxygen atoms in total. The fourth-order valence-electron chi connectivity index (χ4n) is 3.23. The molecule has 28 heavy (non-hydrogen) atoms. The Kier molecular flexibility index (Phi) is 6.28. The lowest BCUT2D eigenvalue weighted by atomic mass is 10.2. The fourth-order valence-corrected chi connectivity index (χ4v) is 4.12. The van der Waals surface area contributed by atoms with Crippen LogP contribution < -0.4 is 15.6 Å². The lowest BCUT2D eigenvalue weighted by molar-refractivity contribution is -0.118. The predicted molar refractivity (Wildman–Crippen MR) is 113 cm³/mol. The Bertz CT molecular complexity index is 1070. The number of thioether (sulfide) groups is 1. The van der Waals surface area contributed by atoms with Gasteiger partial charge in [-0.25, -0.2) is 4.98 Å². The van der Waals surface area contributed by atoms with E-state index < -0.39 is 0 Å². The summed E-state index contributed by atoms with van der Waals surface area (Å²) >= 11 is 1.29. The number of ether oxygens (including phenoxy) is 1. The van der Waals surface area contributed by atoms with Gasteiger partial charge in [-0.05, 0) is 31.5 Å². The van der Waals surface area contributed by atoms with Crippen LogP contribution in [0.3, 0.4) is 0 Å². The summed E-state index contributed by atoms with van der Waals surface area (Å²) in [6.07, 6.45) is 1.99. The van der Waals surface area contributed by atoms with Crippen LogP contribution >= 0.6 is 11.8 Å². The molecule has 0 aliphatic rings. The normalized spacial score (nSPS) is 11.3. The smallest absolute Gasteiger partial charge is 0.278 e. The van der Waals surface area contributed by atoms with Crippen molar-refractivity contribution in [1.29, 1.82) is 0 Å². The molecule has 150 valence electrons. The van der Waals surface area contributed by atoms with Crippen LogP contribution in [0.1, 0.15) is 26.7 Å². The number of aromatic nitrogens is 3. The van der Waals surface area contributed by atoms with Gasteiger partial charge in [0.15, 0.2) is 5.16 Å². The Morgan fingerprint density at radius 3 is 2.79 bits per heavy atom. The molecule has 2 aromatic heterocycles. The summed E-state index contributed by atoms with van der Waals surface area (Å²) in [4.78, 5) is 30.0. The molecule has 0 aliphatic heterocycles. The number of hydrogen-bond donors (Lipinski definition) is 1. The van der Waals surface area contributed by atoms with Gasteiger partial charge in [0.2, 0.25) is 5.91 Å².